The van der Waals surface area contributed by atoms with E-state index in [1.807, 2.05) is 0 Å². The number of rotatable bonds is 7. The summed E-state index contributed by atoms with van der Waals surface area (Å²) in [4.78, 5) is 43.0. The Labute approximate surface area is 222 Å². The van der Waals surface area contributed by atoms with Gasteiger partial charge >= 0.3 is 29.6 Å². The van der Waals surface area contributed by atoms with Gasteiger partial charge in [0.1, 0.15) is 0 Å². The molecule has 2 amide bonds. The Balaban J connectivity index is 0.00000385. The maximum absolute atomic E-state index is 13.3. The molecule has 0 unspecified atom stereocenters. The SMILES string of the molecule is CN(C)C(=O)c1nc(CNC(=O)CN)n(-c2ccc(Cl)cc2C(=O)c2ccccc2Cl)n1.[NaH]. The van der Waals surface area contributed by atoms with Crippen molar-refractivity contribution in [2.45, 2.75) is 6.54 Å². The summed E-state index contributed by atoms with van der Waals surface area (Å²) in [5, 5.41) is 7.50. The summed E-state index contributed by atoms with van der Waals surface area (Å²) in [6, 6.07) is 11.3. The molecule has 3 N–H and O–H groups in total. The van der Waals surface area contributed by atoms with Crippen molar-refractivity contribution >= 4 is 70.4 Å². The van der Waals surface area contributed by atoms with Crippen molar-refractivity contribution in [1.82, 2.24) is 25.0 Å². The third-order valence-corrected chi connectivity index (χ3v) is 5.02. The Bertz CT molecular complexity index is 1200. The van der Waals surface area contributed by atoms with E-state index in [9.17, 15) is 14.4 Å². The van der Waals surface area contributed by atoms with Crippen LogP contribution in [0.15, 0.2) is 42.5 Å². The fourth-order valence-electron chi connectivity index (χ4n) is 2.86. The van der Waals surface area contributed by atoms with Gasteiger partial charge in [-0.1, -0.05) is 35.3 Å². The number of hydrogen-bond donors (Lipinski definition) is 2. The van der Waals surface area contributed by atoms with Crippen LogP contribution in [0.4, 0.5) is 0 Å². The summed E-state index contributed by atoms with van der Waals surface area (Å²) in [5.41, 5.74) is 6.15. The van der Waals surface area contributed by atoms with Gasteiger partial charge in [-0.2, -0.15) is 0 Å². The first kappa shape index (κ1) is 27.0. The number of nitrogens with one attached hydrogen (secondary N) is 1. The predicted molar refractivity (Wildman–Crippen MR) is 127 cm³/mol. The van der Waals surface area contributed by atoms with E-state index in [2.05, 4.69) is 15.4 Å². The van der Waals surface area contributed by atoms with E-state index in [1.54, 1.807) is 50.5 Å². The predicted octanol–water partition coefficient (Wildman–Crippen LogP) is 1.43. The fraction of sp³-hybridized carbons (Fsp3) is 0.190. The van der Waals surface area contributed by atoms with Gasteiger partial charge in [-0.05, 0) is 30.3 Å². The zero-order chi connectivity index (χ0) is 23.4. The fourth-order valence-corrected chi connectivity index (χ4v) is 3.25. The normalized spacial score (nSPS) is 10.3. The van der Waals surface area contributed by atoms with Crippen LogP contribution >= 0.6 is 23.2 Å². The number of nitrogens with two attached hydrogens (primary N) is 1. The molecule has 0 bridgehead atoms. The molecule has 3 aromatic rings. The number of halogens is 2. The van der Waals surface area contributed by atoms with Gasteiger partial charge in [-0.25, -0.2) is 9.67 Å². The summed E-state index contributed by atoms with van der Waals surface area (Å²) >= 11 is 12.4. The van der Waals surface area contributed by atoms with Crippen molar-refractivity contribution in [1.29, 1.82) is 0 Å². The Morgan fingerprint density at radius 3 is 2.42 bits per heavy atom. The molecular formula is C21H21Cl2N6NaO3. The van der Waals surface area contributed by atoms with Crippen molar-refractivity contribution < 1.29 is 14.4 Å². The third-order valence-electron chi connectivity index (χ3n) is 4.45. The molecule has 0 spiro atoms. The number of hydrogen-bond acceptors (Lipinski definition) is 6. The van der Waals surface area contributed by atoms with Crippen LogP contribution in [-0.4, -0.2) is 87.5 Å². The number of nitrogens with zero attached hydrogens (tertiary/aromatic N) is 4. The van der Waals surface area contributed by atoms with Crippen LogP contribution in [0.25, 0.3) is 5.69 Å². The second-order valence-corrected chi connectivity index (χ2v) is 7.76. The molecule has 3 rings (SSSR count). The first-order chi connectivity index (χ1) is 15.2. The van der Waals surface area contributed by atoms with Crippen molar-refractivity contribution in [3.05, 3.63) is 75.3 Å². The summed E-state index contributed by atoms with van der Waals surface area (Å²) in [6.07, 6.45) is 0. The van der Waals surface area contributed by atoms with Crippen molar-refractivity contribution in [2.75, 3.05) is 20.6 Å². The number of benzene rings is 2. The number of ketones is 1. The molecule has 1 aromatic heterocycles. The zero-order valence-corrected chi connectivity index (χ0v) is 18.8. The standard InChI is InChI=1S/C21H20Cl2N6O3.Na.H/c1-28(2)21(32)20-26-17(11-25-18(30)10-24)29(27-20)16-8-7-12(22)9-14(16)19(31)13-5-3-4-6-15(13)23;;/h3-9H,10-11,24H2,1-2H3,(H,25,30);;. The van der Waals surface area contributed by atoms with Gasteiger partial charge in [-0.3, -0.25) is 14.4 Å². The Hall–Kier alpha value is -2.27. The molecule has 0 saturated carbocycles. The van der Waals surface area contributed by atoms with E-state index >= 15 is 0 Å². The van der Waals surface area contributed by atoms with Crippen LogP contribution in [-0.2, 0) is 11.3 Å². The van der Waals surface area contributed by atoms with E-state index in [4.69, 9.17) is 28.9 Å². The van der Waals surface area contributed by atoms with E-state index in [0.29, 0.717) is 10.7 Å². The molecule has 0 atom stereocenters. The maximum atomic E-state index is 13.3. The van der Waals surface area contributed by atoms with Crippen LogP contribution in [0, 0.1) is 0 Å². The first-order valence-electron chi connectivity index (χ1n) is 9.46. The van der Waals surface area contributed by atoms with Gasteiger partial charge in [-0.15, -0.1) is 5.10 Å². The van der Waals surface area contributed by atoms with Crippen molar-refractivity contribution in [3.8, 4) is 5.69 Å². The Morgan fingerprint density at radius 2 is 1.79 bits per heavy atom. The average molecular weight is 499 g/mol. The number of carbonyl (C=O) groups is 3. The van der Waals surface area contributed by atoms with Crippen LogP contribution in [0.2, 0.25) is 10.0 Å². The van der Waals surface area contributed by atoms with E-state index in [1.165, 1.54) is 15.6 Å². The summed E-state index contributed by atoms with van der Waals surface area (Å²) in [7, 11) is 3.13. The molecule has 168 valence electrons. The molecule has 33 heavy (non-hydrogen) atoms. The van der Waals surface area contributed by atoms with Gasteiger partial charge in [0.15, 0.2) is 11.6 Å². The van der Waals surface area contributed by atoms with Gasteiger partial charge in [0.25, 0.3) is 5.91 Å². The summed E-state index contributed by atoms with van der Waals surface area (Å²) in [5.74, 6) is -1.11. The Kier molecular flexibility index (Phi) is 9.59. The minimum atomic E-state index is -0.442. The average Bonchev–Trinajstić information content (AvgIpc) is 3.20. The summed E-state index contributed by atoms with van der Waals surface area (Å²) in [6.45, 7) is -0.277. The molecule has 0 aliphatic rings. The third kappa shape index (κ3) is 6.20. The molecule has 0 aliphatic carbocycles. The summed E-state index contributed by atoms with van der Waals surface area (Å²) < 4.78 is 1.33. The molecule has 0 radical (unpaired) electrons. The molecule has 2 aromatic carbocycles. The molecule has 12 heteroatoms. The van der Waals surface area contributed by atoms with Crippen molar-refractivity contribution in [3.63, 3.8) is 0 Å². The van der Waals surface area contributed by atoms with Crippen LogP contribution in [0.1, 0.15) is 32.4 Å². The van der Waals surface area contributed by atoms with Gasteiger partial charge in [0.05, 0.1) is 23.8 Å². The Morgan fingerprint density at radius 1 is 1.09 bits per heavy atom. The molecule has 0 saturated heterocycles. The van der Waals surface area contributed by atoms with E-state index in [0.717, 1.165) is 0 Å². The minimum absolute atomic E-state index is 0. The molecule has 0 fully saturated rings. The number of carbonyl (C=O) groups excluding carboxylic acids is 3. The topological polar surface area (TPSA) is 123 Å². The quantitative estimate of drug-likeness (QED) is 0.375. The first-order valence-corrected chi connectivity index (χ1v) is 10.2. The zero-order valence-electron chi connectivity index (χ0n) is 17.3. The van der Waals surface area contributed by atoms with Gasteiger partial charge in [0, 0.05) is 30.2 Å². The monoisotopic (exact) mass is 498 g/mol. The van der Waals surface area contributed by atoms with Gasteiger partial charge < -0.3 is 16.0 Å². The van der Waals surface area contributed by atoms with Crippen LogP contribution in [0.3, 0.4) is 0 Å². The van der Waals surface area contributed by atoms with Crippen molar-refractivity contribution in [2.24, 2.45) is 5.73 Å². The number of aromatic nitrogens is 3. The van der Waals surface area contributed by atoms with Gasteiger partial charge in [0.2, 0.25) is 11.7 Å². The molecule has 1 heterocycles. The second kappa shape index (κ2) is 11.7. The molecule has 0 aliphatic heterocycles. The number of amides is 2. The van der Waals surface area contributed by atoms with Crippen LogP contribution in [0.5, 0.6) is 0 Å². The second-order valence-electron chi connectivity index (χ2n) is 6.91. The molecule has 9 nitrogen and oxygen atoms in total. The van der Waals surface area contributed by atoms with E-state index < -0.39 is 11.8 Å². The van der Waals surface area contributed by atoms with Crippen LogP contribution < -0.4 is 11.1 Å². The van der Waals surface area contributed by atoms with E-state index in [-0.39, 0.29) is 76.2 Å². The molecular weight excluding hydrogens is 478 g/mol.